The number of benzene rings is 8. The third kappa shape index (κ3) is 10.4. The Bertz CT molecular complexity index is 4660. The van der Waals surface area contributed by atoms with Gasteiger partial charge in [-0.15, -0.1) is 0 Å². The first-order valence-corrected chi connectivity index (χ1v) is 29.7. The lowest BCUT2D eigenvalue weighted by Gasteiger charge is -2.38. The van der Waals surface area contributed by atoms with Crippen molar-refractivity contribution < 1.29 is 9.59 Å². The average molecular weight is 1170 g/mol. The van der Waals surface area contributed by atoms with Gasteiger partial charge >= 0.3 is 0 Å². The van der Waals surface area contributed by atoms with E-state index >= 15 is 0 Å². The molecule has 6 aromatic heterocycles. The third-order valence-corrected chi connectivity index (χ3v) is 16.2. The summed E-state index contributed by atoms with van der Waals surface area (Å²) in [6.07, 6.45) is 11.1. The molecular formula is C75H66N12O2. The SMILES string of the molecule is CC(C)(C)NC(=O)c1cn(C(c2ccccc2)(c2ccccc2)c2ccccc2)c2ncc(-c3cccc4[nH]ncc34)nc12.Cn1ncc2c(-c3cnc4c(n3)c(C(=O)NC(C)(C)C)cn4C(c3ccccc3)(c3ccccc3)c3ccccc3)cccc21. The molecule has 8 aromatic carbocycles. The Kier molecular flexibility index (Phi) is 14.7. The van der Waals surface area contributed by atoms with Crippen LogP contribution in [0.5, 0.6) is 0 Å². The zero-order chi connectivity index (χ0) is 61.5. The first-order valence-electron chi connectivity index (χ1n) is 29.7. The minimum Gasteiger partial charge on any atom is -0.347 e. The summed E-state index contributed by atoms with van der Waals surface area (Å²) in [5.74, 6) is -0.419. The van der Waals surface area contributed by atoms with E-state index in [1.807, 2.05) is 217 Å². The van der Waals surface area contributed by atoms with Crippen molar-refractivity contribution in [1.82, 2.24) is 59.7 Å². The first-order chi connectivity index (χ1) is 43.1. The molecule has 0 aliphatic heterocycles. The fraction of sp³-hybridized carbons (Fsp3) is 0.147. The number of fused-ring (bicyclic) bond motifs is 4. The highest BCUT2D eigenvalue weighted by Gasteiger charge is 2.43. The van der Waals surface area contributed by atoms with Gasteiger partial charge in [-0.2, -0.15) is 10.2 Å². The Morgan fingerprint density at radius 1 is 0.416 bits per heavy atom. The first kappa shape index (κ1) is 57.0. The molecule has 0 bridgehead atoms. The Labute approximate surface area is 516 Å². The Balaban J connectivity index is 0.000000164. The summed E-state index contributed by atoms with van der Waals surface area (Å²) >= 11 is 0. The summed E-state index contributed by atoms with van der Waals surface area (Å²) in [5, 5.41) is 20.0. The van der Waals surface area contributed by atoms with E-state index < -0.39 is 22.2 Å². The van der Waals surface area contributed by atoms with E-state index in [-0.39, 0.29) is 11.8 Å². The fourth-order valence-electron chi connectivity index (χ4n) is 12.4. The molecule has 14 nitrogen and oxygen atoms in total. The molecule has 0 radical (unpaired) electrons. The van der Waals surface area contributed by atoms with E-state index in [2.05, 4.69) is 108 Å². The zero-order valence-electron chi connectivity index (χ0n) is 50.6. The van der Waals surface area contributed by atoms with Gasteiger partial charge in [0.2, 0.25) is 0 Å². The summed E-state index contributed by atoms with van der Waals surface area (Å²) in [4.78, 5) is 48.7. The van der Waals surface area contributed by atoms with Gasteiger partial charge in [-0.05, 0) is 87.1 Å². The number of nitrogens with one attached hydrogen (secondary N) is 3. The monoisotopic (exact) mass is 1170 g/mol. The number of amides is 2. The highest BCUT2D eigenvalue weighted by molar-refractivity contribution is 6.07. The number of H-pyrrole nitrogens is 1. The number of hydrogen-bond acceptors (Lipinski definition) is 8. The maximum absolute atomic E-state index is 14.1. The van der Waals surface area contributed by atoms with Crippen LogP contribution in [-0.4, -0.2) is 71.9 Å². The van der Waals surface area contributed by atoms with Crippen molar-refractivity contribution >= 4 is 55.9 Å². The predicted molar refractivity (Wildman–Crippen MR) is 354 cm³/mol. The Morgan fingerprint density at radius 3 is 1.15 bits per heavy atom. The smallest absolute Gasteiger partial charge is 0.255 e. The van der Waals surface area contributed by atoms with E-state index in [0.29, 0.717) is 44.8 Å². The summed E-state index contributed by atoms with van der Waals surface area (Å²) in [7, 11) is 1.92. The maximum atomic E-state index is 14.1. The number of carbonyl (C=O) groups is 2. The second kappa shape index (κ2) is 23.0. The number of carbonyl (C=O) groups excluding carboxylic acids is 2. The molecule has 0 fully saturated rings. The number of aryl methyl sites for hydroxylation is 1. The van der Waals surface area contributed by atoms with Crippen molar-refractivity contribution in [2.45, 2.75) is 63.7 Å². The molecule has 2 amide bonds. The lowest BCUT2D eigenvalue weighted by atomic mass is 9.76. The average Bonchev–Trinajstić information content (AvgIpc) is 1.79. The largest absolute Gasteiger partial charge is 0.347 e. The minimum atomic E-state index is -0.859. The van der Waals surface area contributed by atoms with Crippen LogP contribution in [0.3, 0.4) is 0 Å². The Morgan fingerprint density at radius 2 is 0.775 bits per heavy atom. The molecule has 6 heterocycles. The molecule has 0 aliphatic carbocycles. The van der Waals surface area contributed by atoms with Crippen molar-refractivity contribution in [3.05, 3.63) is 300 Å². The van der Waals surface area contributed by atoms with Crippen molar-refractivity contribution in [3.63, 3.8) is 0 Å². The van der Waals surface area contributed by atoms with Crippen LogP contribution in [-0.2, 0) is 18.1 Å². The molecule has 0 saturated carbocycles. The van der Waals surface area contributed by atoms with Crippen molar-refractivity contribution in [1.29, 1.82) is 0 Å². The Hall–Kier alpha value is -11.1. The molecule has 0 saturated heterocycles. The predicted octanol–water partition coefficient (Wildman–Crippen LogP) is 14.7. The molecule has 89 heavy (non-hydrogen) atoms. The lowest BCUT2D eigenvalue weighted by molar-refractivity contribution is 0.0911. The molecule has 3 N–H and O–H groups in total. The van der Waals surface area contributed by atoms with Gasteiger partial charge in [0.1, 0.15) is 22.1 Å². The van der Waals surface area contributed by atoms with E-state index in [4.69, 9.17) is 19.9 Å². The number of rotatable bonds is 12. The van der Waals surface area contributed by atoms with Crippen LogP contribution >= 0.6 is 0 Å². The van der Waals surface area contributed by atoms with Crippen molar-refractivity contribution in [2.24, 2.45) is 7.05 Å². The van der Waals surface area contributed by atoms with Crippen molar-refractivity contribution in [3.8, 4) is 22.5 Å². The number of hydrogen-bond donors (Lipinski definition) is 3. The molecule has 14 aromatic rings. The second-order valence-electron chi connectivity index (χ2n) is 24.3. The maximum Gasteiger partial charge on any atom is 0.255 e. The normalized spacial score (nSPS) is 12.1. The van der Waals surface area contributed by atoms with E-state index in [9.17, 15) is 9.59 Å². The van der Waals surface area contributed by atoms with Crippen LogP contribution in [0.15, 0.2) is 256 Å². The fourth-order valence-corrected chi connectivity index (χ4v) is 12.4. The van der Waals surface area contributed by atoms with E-state index in [1.54, 1.807) is 18.6 Å². The van der Waals surface area contributed by atoms with Crippen LogP contribution < -0.4 is 10.6 Å². The molecule has 0 unspecified atom stereocenters. The van der Waals surface area contributed by atoms with Crippen LogP contribution in [0.4, 0.5) is 0 Å². The van der Waals surface area contributed by atoms with E-state index in [1.165, 1.54) is 0 Å². The quantitative estimate of drug-likeness (QED) is 0.102. The van der Waals surface area contributed by atoms with Gasteiger partial charge in [0, 0.05) is 52.4 Å². The van der Waals surface area contributed by atoms with Crippen molar-refractivity contribution in [2.75, 3.05) is 0 Å². The highest BCUT2D eigenvalue weighted by atomic mass is 16.2. The molecule has 438 valence electrons. The molecule has 14 heteroatoms. The van der Waals surface area contributed by atoms with Crippen LogP contribution in [0.2, 0.25) is 0 Å². The zero-order valence-corrected chi connectivity index (χ0v) is 50.6. The summed E-state index contributed by atoms with van der Waals surface area (Å²) in [5.41, 5.74) is 11.8. The lowest BCUT2D eigenvalue weighted by Crippen LogP contribution is -2.40. The molecule has 0 spiro atoms. The topological polar surface area (TPSA) is 166 Å². The number of aromatic amines is 1. The highest BCUT2D eigenvalue weighted by Crippen LogP contribution is 2.46. The van der Waals surface area contributed by atoms with E-state index in [0.717, 1.165) is 66.3 Å². The molecule has 0 aliphatic rings. The van der Waals surface area contributed by atoms with Gasteiger partial charge in [-0.25, -0.2) is 19.9 Å². The summed E-state index contributed by atoms with van der Waals surface area (Å²) < 4.78 is 6.09. The number of nitrogens with zero attached hydrogens (tertiary/aromatic N) is 9. The molecule has 14 rings (SSSR count). The molecular weight excluding hydrogens is 1100 g/mol. The summed E-state index contributed by atoms with van der Waals surface area (Å²) in [6, 6.07) is 74.2. The standard InChI is InChI=1S/C38H34N6O.C37H32N6O/c1-37(2,3)42-36(45)31-25-44(35-34(31)41-32(24-39-35)29-21-14-22-33-30(29)23-40-43(33)4)38(26-15-8-5-9-16-26,27-17-10-6-11-18-27)28-19-12-7-13-20-28;1-36(2,3)41-35(44)30-24-43(34-33(30)40-32(23-38-34)28-20-13-21-31-29(28)22-39-42-31)37(25-14-7-4-8-15-25,26-16-9-5-10-17-26)27-18-11-6-12-19-27/h5-25H,1-4H3,(H,42,45);4-24H,1-3H3,(H,39,42)(H,41,44). The van der Waals surface area contributed by atoms with Gasteiger partial charge in [0.25, 0.3) is 11.8 Å². The minimum absolute atomic E-state index is 0.208. The van der Waals surface area contributed by atoms with Crippen LogP contribution in [0, 0.1) is 0 Å². The van der Waals surface area contributed by atoms with Gasteiger partial charge in [0.15, 0.2) is 11.3 Å². The van der Waals surface area contributed by atoms with Gasteiger partial charge in [-0.1, -0.05) is 206 Å². The van der Waals surface area contributed by atoms with Crippen LogP contribution in [0.1, 0.15) is 95.6 Å². The van der Waals surface area contributed by atoms with Crippen LogP contribution in [0.25, 0.3) is 66.6 Å². The summed E-state index contributed by atoms with van der Waals surface area (Å²) in [6.45, 7) is 11.9. The molecule has 0 atom stereocenters. The van der Waals surface area contributed by atoms with Gasteiger partial charge in [0.05, 0.1) is 58.3 Å². The van der Waals surface area contributed by atoms with Gasteiger partial charge < -0.3 is 19.8 Å². The third-order valence-electron chi connectivity index (χ3n) is 16.2. The second-order valence-corrected chi connectivity index (χ2v) is 24.3. The number of aromatic nitrogens is 10. The van der Waals surface area contributed by atoms with Gasteiger partial charge in [-0.3, -0.25) is 19.4 Å².